The molecule has 2 heterocycles. The van der Waals surface area contributed by atoms with Gasteiger partial charge in [-0.25, -0.2) is 0 Å². The average molecular weight is 400 g/mol. The van der Waals surface area contributed by atoms with Gasteiger partial charge >= 0.3 is 0 Å². The number of ether oxygens (including phenoxy) is 1. The first kappa shape index (κ1) is 15.9. The van der Waals surface area contributed by atoms with Gasteiger partial charge in [-0.3, -0.25) is 9.59 Å². The van der Waals surface area contributed by atoms with E-state index in [1.807, 2.05) is 13.0 Å². The molecule has 7 heteroatoms. The molecule has 1 amide bonds. The van der Waals surface area contributed by atoms with Gasteiger partial charge in [0.1, 0.15) is 22.8 Å². The van der Waals surface area contributed by atoms with E-state index in [2.05, 4.69) is 21.2 Å². The van der Waals surface area contributed by atoms with Gasteiger partial charge in [-0.1, -0.05) is 22.9 Å². The Bertz CT molecular complexity index is 957. The Morgan fingerprint density at radius 3 is 2.88 bits per heavy atom. The molecule has 25 heavy (non-hydrogen) atoms. The van der Waals surface area contributed by atoms with Crippen molar-refractivity contribution in [2.24, 2.45) is 11.7 Å². The number of hydrogen-bond donors (Lipinski definition) is 2. The van der Waals surface area contributed by atoms with Crippen LogP contribution in [-0.2, 0) is 19.7 Å². The van der Waals surface area contributed by atoms with Crippen molar-refractivity contribution in [1.82, 2.24) is 0 Å². The van der Waals surface area contributed by atoms with E-state index >= 15 is 0 Å². The van der Waals surface area contributed by atoms with Crippen molar-refractivity contribution < 1.29 is 14.3 Å². The second-order valence-electron chi connectivity index (χ2n) is 6.58. The smallest absolute Gasteiger partial charge is 0.245 e. The highest BCUT2D eigenvalue weighted by atomic mass is 79.9. The lowest BCUT2D eigenvalue weighted by Gasteiger charge is -2.38. The normalized spacial score (nSPS) is 27.6. The lowest BCUT2D eigenvalue weighted by atomic mass is 9.64. The topological polar surface area (TPSA) is 105 Å². The number of fused-ring (bicyclic) bond motifs is 3. The number of benzene rings is 1. The number of allylic oxidation sites excluding steroid dienone is 1. The molecule has 3 N–H and O–H groups in total. The van der Waals surface area contributed by atoms with Gasteiger partial charge in [0.25, 0.3) is 0 Å². The molecule has 0 fully saturated rings. The molecule has 0 radical (unpaired) electrons. The first-order valence-electron chi connectivity index (χ1n) is 7.86. The van der Waals surface area contributed by atoms with Crippen LogP contribution in [0.3, 0.4) is 0 Å². The van der Waals surface area contributed by atoms with Gasteiger partial charge in [0.2, 0.25) is 11.8 Å². The summed E-state index contributed by atoms with van der Waals surface area (Å²) in [6, 6.07) is 7.29. The second kappa shape index (κ2) is 5.20. The third-order valence-corrected chi connectivity index (χ3v) is 5.43. The van der Waals surface area contributed by atoms with Crippen molar-refractivity contribution in [1.29, 1.82) is 5.26 Å². The molecule has 0 aromatic heterocycles. The van der Waals surface area contributed by atoms with Crippen LogP contribution in [0.2, 0.25) is 0 Å². The number of Topliss-reactive ketones (excluding diaryl/α,β-unsaturated/α-hetero) is 1. The number of nitrogens with zero attached hydrogens (tertiary/aromatic N) is 1. The number of rotatable bonds is 0. The Balaban J connectivity index is 2.11. The molecule has 0 unspecified atom stereocenters. The third kappa shape index (κ3) is 1.94. The highest BCUT2D eigenvalue weighted by molar-refractivity contribution is 9.10. The Morgan fingerprint density at radius 1 is 1.40 bits per heavy atom. The summed E-state index contributed by atoms with van der Waals surface area (Å²) in [5.41, 5.74) is 5.77. The SMILES string of the molecule is C[C@H]1CC(=O)C2=C(C1)OC(N)=C(C#N)[C@]21C(=O)Nc2ccc(Br)cc21. The van der Waals surface area contributed by atoms with Crippen LogP contribution in [0.25, 0.3) is 0 Å². The summed E-state index contributed by atoms with van der Waals surface area (Å²) in [7, 11) is 0. The summed E-state index contributed by atoms with van der Waals surface area (Å²) < 4.78 is 6.36. The molecule has 0 saturated heterocycles. The van der Waals surface area contributed by atoms with Crippen LogP contribution in [0.4, 0.5) is 5.69 Å². The Hall–Kier alpha value is -2.59. The predicted molar refractivity (Wildman–Crippen MR) is 92.8 cm³/mol. The van der Waals surface area contributed by atoms with Gasteiger partial charge < -0.3 is 15.8 Å². The number of nitrogens with two attached hydrogens (primary N) is 1. The maximum absolute atomic E-state index is 13.1. The fourth-order valence-corrected chi connectivity index (χ4v) is 4.34. The van der Waals surface area contributed by atoms with Crippen molar-refractivity contribution >= 4 is 33.3 Å². The van der Waals surface area contributed by atoms with Gasteiger partial charge in [-0.15, -0.1) is 0 Å². The van der Waals surface area contributed by atoms with Gasteiger partial charge in [-0.2, -0.15) is 5.26 Å². The Morgan fingerprint density at radius 2 is 2.16 bits per heavy atom. The lowest BCUT2D eigenvalue weighted by Crippen LogP contribution is -2.47. The zero-order valence-electron chi connectivity index (χ0n) is 13.4. The fraction of sp³-hybridized carbons (Fsp3) is 0.278. The number of nitriles is 1. The summed E-state index contributed by atoms with van der Waals surface area (Å²) in [6.45, 7) is 1.94. The lowest BCUT2D eigenvalue weighted by molar-refractivity contribution is -0.123. The molecule has 1 aromatic rings. The van der Waals surface area contributed by atoms with Gasteiger partial charge in [0.15, 0.2) is 5.78 Å². The van der Waals surface area contributed by atoms with E-state index in [1.54, 1.807) is 18.2 Å². The van der Waals surface area contributed by atoms with Crippen LogP contribution in [0.15, 0.2) is 45.5 Å². The Labute approximate surface area is 152 Å². The van der Waals surface area contributed by atoms with E-state index in [0.29, 0.717) is 29.9 Å². The monoisotopic (exact) mass is 399 g/mol. The first-order valence-corrected chi connectivity index (χ1v) is 8.65. The van der Waals surface area contributed by atoms with E-state index in [-0.39, 0.29) is 28.7 Å². The number of carbonyl (C=O) groups is 2. The van der Waals surface area contributed by atoms with E-state index < -0.39 is 11.3 Å². The molecule has 0 saturated carbocycles. The van der Waals surface area contributed by atoms with Gasteiger partial charge in [0.05, 0.1) is 5.57 Å². The molecule has 126 valence electrons. The minimum atomic E-state index is -1.54. The maximum atomic E-state index is 13.1. The highest BCUT2D eigenvalue weighted by Gasteiger charge is 2.60. The van der Waals surface area contributed by atoms with E-state index in [0.717, 1.165) is 4.47 Å². The molecule has 0 bridgehead atoms. The summed E-state index contributed by atoms with van der Waals surface area (Å²) in [5, 5.41) is 12.5. The minimum Gasteiger partial charge on any atom is -0.444 e. The summed E-state index contributed by atoms with van der Waals surface area (Å²) in [4.78, 5) is 26.0. The van der Waals surface area contributed by atoms with Crippen molar-refractivity contribution in [3.8, 4) is 6.07 Å². The number of amides is 1. The Kier molecular flexibility index (Phi) is 3.31. The molecule has 2 atom stereocenters. The molecule has 2 aliphatic heterocycles. The van der Waals surface area contributed by atoms with Crippen LogP contribution in [0, 0.1) is 17.2 Å². The molecular formula is C18H14BrN3O3. The molecule has 1 aromatic carbocycles. The quantitative estimate of drug-likeness (QED) is 0.697. The van der Waals surface area contributed by atoms with Gasteiger partial charge in [0, 0.05) is 28.6 Å². The average Bonchev–Trinajstić information content (AvgIpc) is 2.80. The molecule has 3 aliphatic rings. The zero-order chi connectivity index (χ0) is 17.9. The number of ketones is 1. The van der Waals surface area contributed by atoms with E-state index in [1.165, 1.54) is 0 Å². The largest absolute Gasteiger partial charge is 0.444 e. The minimum absolute atomic E-state index is 0.0384. The zero-order valence-corrected chi connectivity index (χ0v) is 14.9. The summed E-state index contributed by atoms with van der Waals surface area (Å²) in [5.74, 6) is -0.267. The molecule has 1 spiro atoms. The second-order valence-corrected chi connectivity index (χ2v) is 7.50. The predicted octanol–water partition coefficient (Wildman–Crippen LogP) is 2.62. The van der Waals surface area contributed by atoms with Crippen LogP contribution in [-0.4, -0.2) is 11.7 Å². The maximum Gasteiger partial charge on any atom is 0.245 e. The van der Waals surface area contributed by atoms with E-state index in [4.69, 9.17) is 10.5 Å². The number of nitrogens with one attached hydrogen (secondary N) is 1. The van der Waals surface area contributed by atoms with Crippen LogP contribution < -0.4 is 11.1 Å². The summed E-state index contributed by atoms with van der Waals surface area (Å²) >= 11 is 3.40. The van der Waals surface area contributed by atoms with Crippen LogP contribution in [0.5, 0.6) is 0 Å². The van der Waals surface area contributed by atoms with Gasteiger partial charge in [-0.05, 0) is 24.1 Å². The van der Waals surface area contributed by atoms with Crippen molar-refractivity contribution in [3.63, 3.8) is 0 Å². The van der Waals surface area contributed by atoms with E-state index in [9.17, 15) is 14.9 Å². The third-order valence-electron chi connectivity index (χ3n) is 4.94. The van der Waals surface area contributed by atoms with Crippen LogP contribution in [0.1, 0.15) is 25.3 Å². The van der Waals surface area contributed by atoms with Crippen LogP contribution >= 0.6 is 15.9 Å². The highest BCUT2D eigenvalue weighted by Crippen LogP contribution is 2.54. The molecule has 4 rings (SSSR count). The van der Waals surface area contributed by atoms with Crippen molar-refractivity contribution in [2.75, 3.05) is 5.32 Å². The number of carbonyl (C=O) groups excluding carboxylic acids is 2. The van der Waals surface area contributed by atoms with Crippen molar-refractivity contribution in [3.05, 3.63) is 51.0 Å². The standard InChI is InChI=1S/C18H14BrN3O3/c1-8-4-13(23)15-14(5-8)25-16(21)11(7-20)18(15)10-6-9(19)2-3-12(10)22-17(18)24/h2-3,6,8H,4-5,21H2,1H3,(H,22,24)/t8-,18-/m0/s1. The fourth-order valence-electron chi connectivity index (χ4n) is 3.98. The number of anilines is 1. The summed E-state index contributed by atoms with van der Waals surface area (Å²) in [6.07, 6.45) is 0.804. The number of hydrogen-bond acceptors (Lipinski definition) is 5. The first-order chi connectivity index (χ1) is 11.9. The number of halogens is 1. The van der Waals surface area contributed by atoms with Crippen molar-refractivity contribution in [2.45, 2.75) is 25.2 Å². The molecule has 1 aliphatic carbocycles. The molecule has 6 nitrogen and oxygen atoms in total. The molecular weight excluding hydrogens is 386 g/mol.